The van der Waals surface area contributed by atoms with E-state index in [9.17, 15) is 9.90 Å². The topological polar surface area (TPSA) is 59.4 Å². The Morgan fingerprint density at radius 2 is 2.11 bits per heavy atom. The van der Waals surface area contributed by atoms with Gasteiger partial charge in [0, 0.05) is 17.4 Å². The second kappa shape index (κ2) is 5.64. The van der Waals surface area contributed by atoms with E-state index in [4.69, 9.17) is 0 Å². The van der Waals surface area contributed by atoms with Crippen LogP contribution in [0.4, 0.5) is 0 Å². The second-order valence-electron chi connectivity index (χ2n) is 3.77. The van der Waals surface area contributed by atoms with Gasteiger partial charge in [-0.15, -0.1) is 11.3 Å². The third-order valence-electron chi connectivity index (χ3n) is 2.48. The van der Waals surface area contributed by atoms with E-state index in [1.54, 1.807) is 12.1 Å². The number of aromatic hydroxyl groups is 1. The lowest BCUT2D eigenvalue weighted by atomic mass is 10.2. The van der Waals surface area contributed by atoms with Gasteiger partial charge in [0.2, 0.25) is 0 Å². The van der Waals surface area contributed by atoms with Gasteiger partial charge >= 0.3 is 5.97 Å². The molecule has 18 heavy (non-hydrogen) atoms. The first-order chi connectivity index (χ1) is 8.69. The Hall–Kier alpha value is -1.88. The Bertz CT molecular complexity index is 533. The molecule has 0 aliphatic rings. The molecular weight excluding hydrogens is 250 g/mol. The number of hydrogen-bond donors (Lipinski definition) is 1. The molecule has 1 heterocycles. The predicted octanol–water partition coefficient (Wildman–Crippen LogP) is 2.62. The highest BCUT2D eigenvalue weighted by Crippen LogP contribution is 2.25. The van der Waals surface area contributed by atoms with Crippen molar-refractivity contribution in [3.05, 3.63) is 35.3 Å². The zero-order valence-corrected chi connectivity index (χ0v) is 10.7. The number of rotatable bonds is 4. The quantitative estimate of drug-likeness (QED) is 0.861. The first-order valence-corrected chi connectivity index (χ1v) is 6.37. The molecule has 0 unspecified atom stereocenters. The van der Waals surface area contributed by atoms with Crippen LogP contribution in [0, 0.1) is 0 Å². The summed E-state index contributed by atoms with van der Waals surface area (Å²) in [6.07, 6.45) is 0.927. The summed E-state index contributed by atoms with van der Waals surface area (Å²) in [4.78, 5) is 15.5. The molecule has 0 saturated heterocycles. The molecule has 2 rings (SSSR count). The van der Waals surface area contributed by atoms with Gasteiger partial charge in [-0.25, -0.2) is 4.98 Å². The van der Waals surface area contributed by atoms with E-state index in [1.807, 2.05) is 17.5 Å². The highest BCUT2D eigenvalue weighted by Gasteiger charge is 2.07. The summed E-state index contributed by atoms with van der Waals surface area (Å²) < 4.78 is 4.59. The number of benzene rings is 1. The molecule has 0 aliphatic carbocycles. The third-order valence-corrected chi connectivity index (χ3v) is 3.42. The summed E-state index contributed by atoms with van der Waals surface area (Å²) in [5, 5.41) is 12.0. The fraction of sp³-hybridized carbons (Fsp3) is 0.231. The molecule has 2 aromatic rings. The van der Waals surface area contributed by atoms with Crippen LogP contribution in [0.1, 0.15) is 12.1 Å². The van der Waals surface area contributed by atoms with Crippen LogP contribution in [0.25, 0.3) is 10.6 Å². The fourth-order valence-corrected chi connectivity index (χ4v) is 2.35. The predicted molar refractivity (Wildman–Crippen MR) is 69.6 cm³/mol. The number of ether oxygens (including phenoxy) is 1. The van der Waals surface area contributed by atoms with Gasteiger partial charge in [-0.1, -0.05) is 0 Å². The van der Waals surface area contributed by atoms with Gasteiger partial charge < -0.3 is 9.84 Å². The minimum absolute atomic E-state index is 0.228. The lowest BCUT2D eigenvalue weighted by Crippen LogP contribution is -2.01. The first kappa shape index (κ1) is 12.6. The molecule has 1 aromatic heterocycles. The van der Waals surface area contributed by atoms with Crippen molar-refractivity contribution in [3.8, 4) is 16.3 Å². The van der Waals surface area contributed by atoms with Crippen LogP contribution in [-0.2, 0) is 16.0 Å². The standard InChI is InChI=1S/C13H13NO3S/c1-17-12(16)7-4-10-8-18-13(14-10)9-2-5-11(15)6-3-9/h2-3,5-6,8,15H,4,7H2,1H3. The van der Waals surface area contributed by atoms with Crippen molar-refractivity contribution in [2.45, 2.75) is 12.8 Å². The summed E-state index contributed by atoms with van der Waals surface area (Å²) in [7, 11) is 1.38. The molecule has 1 aromatic carbocycles. The minimum atomic E-state index is -0.228. The van der Waals surface area contributed by atoms with Gasteiger partial charge in [-0.2, -0.15) is 0 Å². The average Bonchev–Trinajstić information content (AvgIpc) is 2.85. The number of phenols is 1. The van der Waals surface area contributed by atoms with Crippen molar-refractivity contribution in [3.63, 3.8) is 0 Å². The van der Waals surface area contributed by atoms with E-state index in [0.29, 0.717) is 12.8 Å². The molecule has 0 spiro atoms. The largest absolute Gasteiger partial charge is 0.508 e. The highest BCUT2D eigenvalue weighted by molar-refractivity contribution is 7.13. The Morgan fingerprint density at radius 3 is 2.78 bits per heavy atom. The number of thiazole rings is 1. The number of nitrogens with zero attached hydrogens (tertiary/aromatic N) is 1. The van der Waals surface area contributed by atoms with Crippen LogP contribution in [-0.4, -0.2) is 23.2 Å². The van der Waals surface area contributed by atoms with Gasteiger partial charge in [-0.3, -0.25) is 4.79 Å². The van der Waals surface area contributed by atoms with E-state index in [2.05, 4.69) is 9.72 Å². The molecular formula is C13H13NO3S. The molecule has 5 heteroatoms. The number of carbonyl (C=O) groups is 1. The van der Waals surface area contributed by atoms with E-state index in [-0.39, 0.29) is 11.7 Å². The monoisotopic (exact) mass is 263 g/mol. The maximum Gasteiger partial charge on any atom is 0.305 e. The third kappa shape index (κ3) is 3.07. The Kier molecular flexibility index (Phi) is 3.94. The van der Waals surface area contributed by atoms with Crippen molar-refractivity contribution in [1.82, 2.24) is 4.98 Å². The maximum absolute atomic E-state index is 11.0. The normalized spacial score (nSPS) is 10.3. The fourth-order valence-electron chi connectivity index (χ4n) is 1.49. The number of aromatic nitrogens is 1. The molecule has 4 nitrogen and oxygen atoms in total. The number of esters is 1. The zero-order chi connectivity index (χ0) is 13.0. The van der Waals surface area contributed by atoms with Gasteiger partial charge in [0.15, 0.2) is 0 Å². The Morgan fingerprint density at radius 1 is 1.39 bits per heavy atom. The van der Waals surface area contributed by atoms with Crippen LogP contribution >= 0.6 is 11.3 Å². The SMILES string of the molecule is COC(=O)CCc1csc(-c2ccc(O)cc2)n1. The van der Waals surface area contributed by atoms with Crippen molar-refractivity contribution < 1.29 is 14.6 Å². The van der Waals surface area contributed by atoms with Crippen molar-refractivity contribution in [2.24, 2.45) is 0 Å². The van der Waals surface area contributed by atoms with Gasteiger partial charge in [-0.05, 0) is 24.3 Å². The Labute approximate surface area is 109 Å². The molecule has 0 aliphatic heterocycles. The molecule has 0 bridgehead atoms. The van der Waals surface area contributed by atoms with Crippen molar-refractivity contribution in [2.75, 3.05) is 7.11 Å². The zero-order valence-electron chi connectivity index (χ0n) is 9.92. The van der Waals surface area contributed by atoms with Crippen LogP contribution in [0.5, 0.6) is 5.75 Å². The average molecular weight is 263 g/mol. The summed E-state index contributed by atoms with van der Waals surface area (Å²) in [5.74, 6) is 0.00963. The first-order valence-electron chi connectivity index (χ1n) is 5.49. The smallest absolute Gasteiger partial charge is 0.305 e. The number of hydrogen-bond acceptors (Lipinski definition) is 5. The summed E-state index contributed by atoms with van der Waals surface area (Å²) in [6.45, 7) is 0. The summed E-state index contributed by atoms with van der Waals surface area (Å²) in [5.41, 5.74) is 1.84. The highest BCUT2D eigenvalue weighted by atomic mass is 32.1. The Balaban J connectivity index is 2.06. The number of phenolic OH excluding ortho intramolecular Hbond substituents is 1. The van der Waals surface area contributed by atoms with E-state index >= 15 is 0 Å². The van der Waals surface area contributed by atoms with Crippen molar-refractivity contribution in [1.29, 1.82) is 0 Å². The maximum atomic E-state index is 11.0. The molecule has 0 atom stereocenters. The van der Waals surface area contributed by atoms with Crippen LogP contribution in [0.3, 0.4) is 0 Å². The molecule has 94 valence electrons. The molecule has 1 N–H and O–H groups in total. The molecule has 0 radical (unpaired) electrons. The number of methoxy groups -OCH3 is 1. The molecule has 0 saturated carbocycles. The van der Waals surface area contributed by atoms with Gasteiger partial charge in [0.05, 0.1) is 19.2 Å². The number of aryl methyl sites for hydroxylation is 1. The van der Waals surface area contributed by atoms with E-state index < -0.39 is 0 Å². The minimum Gasteiger partial charge on any atom is -0.508 e. The molecule has 0 fully saturated rings. The van der Waals surface area contributed by atoms with Crippen LogP contribution in [0.2, 0.25) is 0 Å². The van der Waals surface area contributed by atoms with Crippen LogP contribution < -0.4 is 0 Å². The van der Waals surface area contributed by atoms with Crippen LogP contribution in [0.15, 0.2) is 29.6 Å². The van der Waals surface area contributed by atoms with Crippen molar-refractivity contribution >= 4 is 17.3 Å². The summed E-state index contributed by atoms with van der Waals surface area (Å²) >= 11 is 1.52. The van der Waals surface area contributed by atoms with Gasteiger partial charge in [0.25, 0.3) is 0 Å². The van der Waals surface area contributed by atoms with Gasteiger partial charge in [0.1, 0.15) is 10.8 Å². The lowest BCUT2D eigenvalue weighted by molar-refractivity contribution is -0.140. The summed E-state index contributed by atoms with van der Waals surface area (Å²) in [6, 6.07) is 6.90. The van der Waals surface area contributed by atoms with E-state index in [1.165, 1.54) is 18.4 Å². The lowest BCUT2D eigenvalue weighted by Gasteiger charge is -1.97. The second-order valence-corrected chi connectivity index (χ2v) is 4.63. The number of carbonyl (C=O) groups excluding carboxylic acids is 1. The molecule has 0 amide bonds. The van der Waals surface area contributed by atoms with E-state index in [0.717, 1.165) is 16.3 Å².